The molecule has 9 nitrogen and oxygen atoms in total. The fourth-order valence-electron chi connectivity index (χ4n) is 4.10. The molecule has 1 fully saturated rings. The Hall–Kier alpha value is -3.62. The summed E-state index contributed by atoms with van der Waals surface area (Å²) in [7, 11) is 1.75. The van der Waals surface area contributed by atoms with Crippen molar-refractivity contribution in [1.29, 1.82) is 0 Å². The van der Waals surface area contributed by atoms with Crippen LogP contribution in [0.5, 0.6) is 0 Å². The predicted octanol–water partition coefficient (Wildman–Crippen LogP) is 1.71. The minimum atomic E-state index is 0.153. The lowest BCUT2D eigenvalue weighted by Crippen LogP contribution is -2.50. The van der Waals surface area contributed by atoms with Crippen LogP contribution in [0.1, 0.15) is 17.5 Å². The van der Waals surface area contributed by atoms with Crippen LogP contribution < -0.4 is 15.5 Å². The van der Waals surface area contributed by atoms with Crippen LogP contribution in [-0.4, -0.2) is 78.0 Å². The van der Waals surface area contributed by atoms with Crippen molar-refractivity contribution in [2.75, 3.05) is 51.2 Å². The lowest BCUT2D eigenvalue weighted by atomic mass is 10.1. The number of guanidine groups is 1. The van der Waals surface area contributed by atoms with Crippen LogP contribution in [0.3, 0.4) is 0 Å². The number of hydrogen-bond donors (Lipinski definition) is 3. The van der Waals surface area contributed by atoms with Gasteiger partial charge in [-0.25, -0.2) is 9.97 Å². The van der Waals surface area contributed by atoms with Crippen molar-refractivity contribution in [3.63, 3.8) is 0 Å². The summed E-state index contributed by atoms with van der Waals surface area (Å²) in [6.07, 6.45) is 6.88. The molecule has 0 unspecified atom stereocenters. The molecule has 1 aliphatic rings. The predicted molar refractivity (Wildman–Crippen MR) is 132 cm³/mol. The van der Waals surface area contributed by atoms with Gasteiger partial charge in [-0.2, -0.15) is 0 Å². The van der Waals surface area contributed by atoms with Crippen LogP contribution in [0.15, 0.2) is 47.8 Å². The number of H-pyrrole nitrogens is 1. The molecule has 3 N–H and O–H groups in total. The highest BCUT2D eigenvalue weighted by atomic mass is 16.2. The zero-order valence-corrected chi connectivity index (χ0v) is 19.3. The van der Waals surface area contributed by atoms with Gasteiger partial charge in [0.05, 0.1) is 0 Å². The first-order valence-electron chi connectivity index (χ1n) is 11.4. The van der Waals surface area contributed by atoms with Crippen LogP contribution in [-0.2, 0) is 11.2 Å². The average Bonchev–Trinajstić information content (AvgIpc) is 3.25. The number of rotatable bonds is 7. The van der Waals surface area contributed by atoms with E-state index < -0.39 is 0 Å². The minimum absolute atomic E-state index is 0.153. The summed E-state index contributed by atoms with van der Waals surface area (Å²) in [5.74, 6) is 1.59. The first-order valence-corrected chi connectivity index (χ1v) is 11.4. The number of carbonyl (C=O) groups excluding carboxylic acids is 1. The van der Waals surface area contributed by atoms with Gasteiger partial charge in [-0.05, 0) is 36.6 Å². The van der Waals surface area contributed by atoms with E-state index in [1.807, 2.05) is 11.0 Å². The fourth-order valence-corrected chi connectivity index (χ4v) is 4.10. The Bertz CT molecular complexity index is 1090. The Kier molecular flexibility index (Phi) is 7.39. The minimum Gasteiger partial charge on any atom is -0.361 e. The number of aryl methyl sites for hydroxylation is 1. The van der Waals surface area contributed by atoms with E-state index in [4.69, 9.17) is 0 Å². The van der Waals surface area contributed by atoms with Crippen LogP contribution in [0, 0.1) is 6.92 Å². The normalized spacial score (nSPS) is 14.5. The summed E-state index contributed by atoms with van der Waals surface area (Å²) in [6.45, 7) is 6.29. The molecule has 1 aromatic carbocycles. The lowest BCUT2D eigenvalue weighted by molar-refractivity contribution is -0.131. The van der Waals surface area contributed by atoms with E-state index in [0.29, 0.717) is 32.0 Å². The summed E-state index contributed by atoms with van der Waals surface area (Å²) in [5.41, 5.74) is 3.70. The average molecular weight is 449 g/mol. The van der Waals surface area contributed by atoms with Gasteiger partial charge in [0, 0.05) is 82.2 Å². The van der Waals surface area contributed by atoms with E-state index in [9.17, 15) is 4.79 Å². The summed E-state index contributed by atoms with van der Waals surface area (Å²) in [6, 6.07) is 8.28. The van der Waals surface area contributed by atoms with Gasteiger partial charge >= 0.3 is 0 Å². The highest BCUT2D eigenvalue weighted by molar-refractivity contribution is 5.84. The molecule has 4 rings (SSSR count). The van der Waals surface area contributed by atoms with Crippen LogP contribution in [0.4, 0.5) is 5.95 Å². The van der Waals surface area contributed by atoms with Crippen molar-refractivity contribution in [2.45, 2.75) is 19.8 Å². The number of aromatic amines is 1. The number of aliphatic imine (C=N–C) groups is 1. The molecule has 174 valence electrons. The molecule has 1 aliphatic heterocycles. The van der Waals surface area contributed by atoms with Crippen molar-refractivity contribution in [2.24, 2.45) is 4.99 Å². The first-order chi connectivity index (χ1) is 16.1. The molecular formula is C24H32N8O. The van der Waals surface area contributed by atoms with Crippen molar-refractivity contribution in [1.82, 2.24) is 30.5 Å². The number of carbonyl (C=O) groups is 1. The molecule has 0 bridgehead atoms. The first kappa shape index (κ1) is 22.6. The third-order valence-corrected chi connectivity index (χ3v) is 5.93. The van der Waals surface area contributed by atoms with Gasteiger partial charge in [-0.15, -0.1) is 0 Å². The number of nitrogens with one attached hydrogen (secondary N) is 3. The Labute approximate surface area is 194 Å². The molecule has 0 atom stereocenters. The maximum atomic E-state index is 12.6. The number of nitrogens with zero attached hydrogens (tertiary/aromatic N) is 5. The Morgan fingerprint density at radius 3 is 2.64 bits per heavy atom. The quantitative estimate of drug-likeness (QED) is 0.376. The van der Waals surface area contributed by atoms with Gasteiger partial charge in [0.1, 0.15) is 0 Å². The van der Waals surface area contributed by atoms with E-state index in [1.54, 1.807) is 19.4 Å². The lowest BCUT2D eigenvalue weighted by Gasteiger charge is -2.34. The van der Waals surface area contributed by atoms with E-state index >= 15 is 0 Å². The summed E-state index contributed by atoms with van der Waals surface area (Å²) in [4.78, 5) is 32.8. The van der Waals surface area contributed by atoms with Crippen molar-refractivity contribution >= 4 is 28.7 Å². The maximum Gasteiger partial charge on any atom is 0.225 e. The van der Waals surface area contributed by atoms with Crippen molar-refractivity contribution < 1.29 is 4.79 Å². The van der Waals surface area contributed by atoms with Crippen LogP contribution in [0.2, 0.25) is 0 Å². The highest BCUT2D eigenvalue weighted by Crippen LogP contribution is 2.19. The zero-order valence-electron chi connectivity index (χ0n) is 19.3. The third-order valence-electron chi connectivity index (χ3n) is 5.93. The molecule has 0 radical (unpaired) electrons. The van der Waals surface area contributed by atoms with E-state index in [0.717, 1.165) is 32.0 Å². The summed E-state index contributed by atoms with van der Waals surface area (Å²) >= 11 is 0. The SMILES string of the molecule is CN=C(NCCC(=O)N1CCN(c2ncccn2)CC1)NCCc1c[nH]c2cc(C)ccc12. The Morgan fingerprint density at radius 2 is 1.88 bits per heavy atom. The second-order valence-corrected chi connectivity index (χ2v) is 8.21. The molecular weight excluding hydrogens is 416 g/mol. The van der Waals surface area contributed by atoms with Gasteiger partial charge in [0.2, 0.25) is 11.9 Å². The molecule has 3 aromatic rings. The van der Waals surface area contributed by atoms with E-state index in [2.05, 4.69) is 66.8 Å². The van der Waals surface area contributed by atoms with Gasteiger partial charge in [-0.3, -0.25) is 9.79 Å². The molecule has 0 spiro atoms. The molecule has 3 heterocycles. The van der Waals surface area contributed by atoms with Gasteiger partial charge < -0.3 is 25.4 Å². The number of piperazine rings is 1. The number of anilines is 1. The van der Waals surface area contributed by atoms with E-state index in [1.165, 1.54) is 22.0 Å². The molecule has 1 saturated heterocycles. The van der Waals surface area contributed by atoms with Gasteiger partial charge in [0.15, 0.2) is 5.96 Å². The molecule has 1 amide bonds. The molecule has 33 heavy (non-hydrogen) atoms. The number of hydrogen-bond acceptors (Lipinski definition) is 5. The number of amides is 1. The summed E-state index contributed by atoms with van der Waals surface area (Å²) in [5, 5.41) is 7.85. The number of aromatic nitrogens is 3. The third kappa shape index (κ3) is 5.79. The largest absolute Gasteiger partial charge is 0.361 e. The van der Waals surface area contributed by atoms with Crippen molar-refractivity contribution in [3.05, 3.63) is 54.0 Å². The molecule has 2 aromatic heterocycles. The fraction of sp³-hybridized carbons (Fsp3) is 0.417. The van der Waals surface area contributed by atoms with Gasteiger partial charge in [-0.1, -0.05) is 12.1 Å². The second-order valence-electron chi connectivity index (χ2n) is 8.21. The number of benzene rings is 1. The Morgan fingerprint density at radius 1 is 1.12 bits per heavy atom. The topological polar surface area (TPSA) is 102 Å². The Balaban J connectivity index is 1.16. The van der Waals surface area contributed by atoms with Crippen LogP contribution in [0.25, 0.3) is 10.9 Å². The maximum absolute atomic E-state index is 12.6. The smallest absolute Gasteiger partial charge is 0.225 e. The second kappa shape index (κ2) is 10.8. The standard InChI is InChI=1S/C24H32N8O/c1-18-4-5-20-19(17-30-21(20)16-18)6-10-26-23(25-2)27-11-7-22(33)31-12-14-32(15-13-31)24-28-8-3-9-29-24/h3-5,8-9,16-17,30H,6-7,10-15H2,1-2H3,(H2,25,26,27). The monoisotopic (exact) mass is 448 g/mol. The number of fused-ring (bicyclic) bond motifs is 1. The van der Waals surface area contributed by atoms with E-state index in [-0.39, 0.29) is 5.91 Å². The highest BCUT2D eigenvalue weighted by Gasteiger charge is 2.22. The molecule has 0 aliphatic carbocycles. The summed E-state index contributed by atoms with van der Waals surface area (Å²) < 4.78 is 0. The molecule has 0 saturated carbocycles. The van der Waals surface area contributed by atoms with Crippen LogP contribution >= 0.6 is 0 Å². The van der Waals surface area contributed by atoms with Gasteiger partial charge in [0.25, 0.3) is 0 Å². The molecule has 9 heteroatoms. The zero-order chi connectivity index (χ0) is 23.0. The van der Waals surface area contributed by atoms with Crippen molar-refractivity contribution in [3.8, 4) is 0 Å².